The summed E-state index contributed by atoms with van der Waals surface area (Å²) in [6.45, 7) is 5.79. The number of ketones is 1. The molecule has 2 fully saturated rings. The summed E-state index contributed by atoms with van der Waals surface area (Å²) in [5, 5.41) is 9.37. The lowest BCUT2D eigenvalue weighted by atomic mass is 10.2. The van der Waals surface area contributed by atoms with E-state index < -0.39 is 0 Å². The topological polar surface area (TPSA) is 61.9 Å². The standard InChI is InChI=1S/C19H26N4O2S/c1-12-9-16(13(2)23(12)10-15-5-4-8-25-15)17(24)11-26-19-21-20-18(22(19)3)14-6-7-14/h9,14-15H,4-8,10-11H2,1-3H3. The smallest absolute Gasteiger partial charge is 0.191 e. The van der Waals surface area contributed by atoms with Crippen molar-refractivity contribution < 1.29 is 9.53 Å². The first kappa shape index (κ1) is 17.8. The van der Waals surface area contributed by atoms with Gasteiger partial charge in [-0.25, -0.2) is 0 Å². The van der Waals surface area contributed by atoms with E-state index >= 15 is 0 Å². The van der Waals surface area contributed by atoms with E-state index in [1.165, 1.54) is 24.6 Å². The van der Waals surface area contributed by atoms with E-state index in [4.69, 9.17) is 4.74 Å². The average molecular weight is 375 g/mol. The molecule has 2 aromatic heterocycles. The molecule has 1 unspecified atom stereocenters. The van der Waals surface area contributed by atoms with Crippen LogP contribution >= 0.6 is 11.8 Å². The second-order valence-corrected chi connectivity index (χ2v) is 8.36. The summed E-state index contributed by atoms with van der Waals surface area (Å²) in [5.41, 5.74) is 2.99. The number of aromatic nitrogens is 4. The lowest BCUT2D eigenvalue weighted by Crippen LogP contribution is -2.17. The Hall–Kier alpha value is -1.60. The third kappa shape index (κ3) is 3.47. The molecule has 1 aliphatic carbocycles. The van der Waals surface area contributed by atoms with Crippen molar-refractivity contribution in [1.29, 1.82) is 0 Å². The minimum Gasteiger partial charge on any atom is -0.376 e. The Labute approximate surface area is 158 Å². The first-order valence-electron chi connectivity index (χ1n) is 9.38. The van der Waals surface area contributed by atoms with Crippen LogP contribution in [-0.2, 0) is 18.3 Å². The Balaban J connectivity index is 1.43. The highest BCUT2D eigenvalue weighted by Crippen LogP contribution is 2.39. The molecule has 0 N–H and O–H groups in total. The Bertz CT molecular complexity index is 816. The van der Waals surface area contributed by atoms with Gasteiger partial charge in [0.1, 0.15) is 5.82 Å². The summed E-state index contributed by atoms with van der Waals surface area (Å²) in [6.07, 6.45) is 4.91. The summed E-state index contributed by atoms with van der Waals surface area (Å²) in [5.74, 6) is 2.16. The summed E-state index contributed by atoms with van der Waals surface area (Å²) in [4.78, 5) is 12.8. The van der Waals surface area contributed by atoms with E-state index in [0.29, 0.717) is 11.7 Å². The van der Waals surface area contributed by atoms with Crippen molar-refractivity contribution in [3.8, 4) is 0 Å². The number of aryl methyl sites for hydroxylation is 1. The summed E-state index contributed by atoms with van der Waals surface area (Å²) >= 11 is 1.48. The van der Waals surface area contributed by atoms with Crippen LogP contribution in [0.5, 0.6) is 0 Å². The lowest BCUT2D eigenvalue weighted by molar-refractivity contribution is 0.0957. The molecule has 7 heteroatoms. The maximum atomic E-state index is 12.8. The van der Waals surface area contributed by atoms with Gasteiger partial charge in [-0.1, -0.05) is 11.8 Å². The van der Waals surface area contributed by atoms with Crippen LogP contribution in [0.3, 0.4) is 0 Å². The van der Waals surface area contributed by atoms with Gasteiger partial charge in [0.2, 0.25) is 0 Å². The Morgan fingerprint density at radius 1 is 1.31 bits per heavy atom. The molecule has 2 aliphatic rings. The normalized spacial score (nSPS) is 20.0. The van der Waals surface area contributed by atoms with Crippen LogP contribution in [0.1, 0.15) is 59.2 Å². The molecule has 6 nitrogen and oxygen atoms in total. The second-order valence-electron chi connectivity index (χ2n) is 7.42. The zero-order chi connectivity index (χ0) is 18.3. The molecule has 2 aromatic rings. The monoisotopic (exact) mass is 374 g/mol. The van der Waals surface area contributed by atoms with Gasteiger partial charge >= 0.3 is 0 Å². The van der Waals surface area contributed by atoms with Gasteiger partial charge < -0.3 is 13.9 Å². The Morgan fingerprint density at radius 3 is 2.81 bits per heavy atom. The highest BCUT2D eigenvalue weighted by atomic mass is 32.2. The highest BCUT2D eigenvalue weighted by Gasteiger charge is 2.29. The number of ether oxygens (including phenoxy) is 1. The molecule has 0 bridgehead atoms. The maximum Gasteiger partial charge on any atom is 0.191 e. The number of hydrogen-bond donors (Lipinski definition) is 0. The number of hydrogen-bond acceptors (Lipinski definition) is 5. The fourth-order valence-electron chi connectivity index (χ4n) is 3.71. The van der Waals surface area contributed by atoms with Crippen LogP contribution in [0.2, 0.25) is 0 Å². The third-order valence-electron chi connectivity index (χ3n) is 5.43. The molecule has 0 radical (unpaired) electrons. The van der Waals surface area contributed by atoms with Crippen LogP contribution in [0.25, 0.3) is 0 Å². The molecular weight excluding hydrogens is 348 g/mol. The van der Waals surface area contributed by atoms with Crippen molar-refractivity contribution in [2.24, 2.45) is 7.05 Å². The van der Waals surface area contributed by atoms with E-state index in [9.17, 15) is 4.79 Å². The van der Waals surface area contributed by atoms with Gasteiger partial charge in [-0.05, 0) is 45.6 Å². The van der Waals surface area contributed by atoms with Gasteiger partial charge in [0, 0.05) is 43.1 Å². The average Bonchev–Trinajstić information content (AvgIpc) is 3.08. The van der Waals surface area contributed by atoms with Crippen LogP contribution in [-0.4, -0.2) is 43.6 Å². The molecule has 0 aromatic carbocycles. The zero-order valence-corrected chi connectivity index (χ0v) is 16.5. The van der Waals surface area contributed by atoms with Crippen LogP contribution < -0.4 is 0 Å². The minimum atomic E-state index is 0.151. The largest absolute Gasteiger partial charge is 0.376 e. The van der Waals surface area contributed by atoms with Gasteiger partial charge in [0.15, 0.2) is 10.9 Å². The number of thioether (sulfide) groups is 1. The van der Waals surface area contributed by atoms with Crippen molar-refractivity contribution in [3.05, 3.63) is 28.8 Å². The van der Waals surface area contributed by atoms with Gasteiger partial charge in [-0.2, -0.15) is 0 Å². The molecular formula is C19H26N4O2S. The van der Waals surface area contributed by atoms with Gasteiger partial charge in [0.05, 0.1) is 11.9 Å². The van der Waals surface area contributed by atoms with E-state index in [0.717, 1.165) is 53.9 Å². The van der Waals surface area contributed by atoms with E-state index in [-0.39, 0.29) is 11.9 Å². The minimum absolute atomic E-state index is 0.151. The lowest BCUT2D eigenvalue weighted by Gasteiger charge is -2.14. The molecule has 140 valence electrons. The Morgan fingerprint density at radius 2 is 2.12 bits per heavy atom. The van der Waals surface area contributed by atoms with Crippen LogP contribution in [0.4, 0.5) is 0 Å². The van der Waals surface area contributed by atoms with Gasteiger partial charge in [0.25, 0.3) is 0 Å². The molecule has 1 saturated carbocycles. The molecule has 1 atom stereocenters. The molecule has 1 aliphatic heterocycles. The van der Waals surface area contributed by atoms with Gasteiger partial charge in [-0.3, -0.25) is 4.79 Å². The molecule has 26 heavy (non-hydrogen) atoms. The number of rotatable bonds is 7. The fourth-order valence-corrected chi connectivity index (χ4v) is 4.51. The molecule has 0 amide bonds. The third-order valence-corrected chi connectivity index (χ3v) is 6.45. The van der Waals surface area contributed by atoms with Crippen LogP contribution in [0.15, 0.2) is 11.2 Å². The maximum absolute atomic E-state index is 12.8. The van der Waals surface area contributed by atoms with Crippen LogP contribution in [0, 0.1) is 13.8 Å². The number of carbonyl (C=O) groups is 1. The molecule has 3 heterocycles. The molecule has 4 rings (SSSR count). The quantitative estimate of drug-likeness (QED) is 0.550. The molecule has 1 saturated heterocycles. The Kier molecular flexibility index (Phi) is 4.92. The SMILES string of the molecule is Cc1cc(C(=O)CSc2nnc(C3CC3)n2C)c(C)n1CC1CCCO1. The number of Topliss-reactive ketones (excluding diaryl/α,β-unsaturated/α-hetero) is 1. The predicted molar refractivity (Wildman–Crippen MR) is 101 cm³/mol. The molecule has 0 spiro atoms. The summed E-state index contributed by atoms with van der Waals surface area (Å²) < 4.78 is 10.0. The van der Waals surface area contributed by atoms with Crippen molar-refractivity contribution in [2.75, 3.05) is 12.4 Å². The fraction of sp³-hybridized carbons (Fsp3) is 0.632. The van der Waals surface area contributed by atoms with E-state index in [1.807, 2.05) is 24.6 Å². The van der Waals surface area contributed by atoms with E-state index in [1.54, 1.807) is 0 Å². The van der Waals surface area contributed by atoms with Crippen molar-refractivity contribution in [3.63, 3.8) is 0 Å². The predicted octanol–water partition coefficient (Wildman–Crippen LogP) is 3.26. The van der Waals surface area contributed by atoms with Crippen molar-refractivity contribution in [1.82, 2.24) is 19.3 Å². The summed E-state index contributed by atoms with van der Waals surface area (Å²) in [6, 6.07) is 2.01. The highest BCUT2D eigenvalue weighted by molar-refractivity contribution is 7.99. The van der Waals surface area contributed by atoms with E-state index in [2.05, 4.69) is 21.7 Å². The summed E-state index contributed by atoms with van der Waals surface area (Å²) in [7, 11) is 1.99. The first-order chi connectivity index (χ1) is 12.5. The number of carbonyl (C=O) groups excluding carboxylic acids is 1. The number of nitrogens with zero attached hydrogens (tertiary/aromatic N) is 4. The zero-order valence-electron chi connectivity index (χ0n) is 15.7. The van der Waals surface area contributed by atoms with Crippen molar-refractivity contribution >= 4 is 17.5 Å². The second kappa shape index (κ2) is 7.19. The first-order valence-corrected chi connectivity index (χ1v) is 10.4. The van der Waals surface area contributed by atoms with Gasteiger partial charge in [-0.15, -0.1) is 10.2 Å². The van der Waals surface area contributed by atoms with Crippen molar-refractivity contribution in [2.45, 2.75) is 63.3 Å².